The summed E-state index contributed by atoms with van der Waals surface area (Å²) in [5, 5.41) is 11.4. The second-order valence-electron chi connectivity index (χ2n) is 4.49. The molecule has 0 fully saturated rings. The molecule has 5 heteroatoms. The molecule has 1 aromatic rings. The van der Waals surface area contributed by atoms with E-state index in [-0.39, 0.29) is 12.5 Å². The monoisotopic (exact) mass is 266 g/mol. The van der Waals surface area contributed by atoms with Gasteiger partial charge in [0.25, 0.3) is 0 Å². The van der Waals surface area contributed by atoms with Crippen LogP contribution in [0.5, 0.6) is 0 Å². The summed E-state index contributed by atoms with van der Waals surface area (Å²) in [5.41, 5.74) is 1.97. The SMILES string of the molecule is Cc1ccc(NC(=O)CN(C)CCOCCO)cc1. The number of hydrogen-bond acceptors (Lipinski definition) is 4. The highest BCUT2D eigenvalue weighted by Gasteiger charge is 2.06. The Kier molecular flexibility index (Phi) is 7.10. The minimum atomic E-state index is -0.0477. The van der Waals surface area contributed by atoms with Crippen molar-refractivity contribution in [1.29, 1.82) is 0 Å². The number of aliphatic hydroxyl groups excluding tert-OH is 1. The van der Waals surface area contributed by atoms with Crippen molar-refractivity contribution in [2.45, 2.75) is 6.92 Å². The van der Waals surface area contributed by atoms with Gasteiger partial charge in [0.1, 0.15) is 0 Å². The molecule has 19 heavy (non-hydrogen) atoms. The Bertz CT molecular complexity index is 379. The normalized spacial score (nSPS) is 10.7. The van der Waals surface area contributed by atoms with Gasteiger partial charge in [-0.1, -0.05) is 17.7 Å². The number of aliphatic hydroxyl groups is 1. The van der Waals surface area contributed by atoms with E-state index in [1.165, 1.54) is 0 Å². The molecule has 2 N–H and O–H groups in total. The van der Waals surface area contributed by atoms with Crippen molar-refractivity contribution in [3.8, 4) is 0 Å². The van der Waals surface area contributed by atoms with Crippen LogP contribution in [0.2, 0.25) is 0 Å². The van der Waals surface area contributed by atoms with E-state index in [1.807, 2.05) is 43.1 Å². The summed E-state index contributed by atoms with van der Waals surface area (Å²) in [6, 6.07) is 7.69. The van der Waals surface area contributed by atoms with Crippen LogP contribution < -0.4 is 5.32 Å². The minimum absolute atomic E-state index is 0.0254. The topological polar surface area (TPSA) is 61.8 Å². The number of carbonyl (C=O) groups excluding carboxylic acids is 1. The maximum absolute atomic E-state index is 11.8. The van der Waals surface area contributed by atoms with E-state index in [0.717, 1.165) is 11.3 Å². The fraction of sp³-hybridized carbons (Fsp3) is 0.500. The van der Waals surface area contributed by atoms with Crippen molar-refractivity contribution in [2.75, 3.05) is 45.3 Å². The van der Waals surface area contributed by atoms with E-state index >= 15 is 0 Å². The third-order valence-electron chi connectivity index (χ3n) is 2.60. The highest BCUT2D eigenvalue weighted by Crippen LogP contribution is 2.08. The maximum Gasteiger partial charge on any atom is 0.238 e. The van der Waals surface area contributed by atoms with Gasteiger partial charge in [-0.3, -0.25) is 9.69 Å². The number of rotatable bonds is 8. The lowest BCUT2D eigenvalue weighted by Crippen LogP contribution is -2.32. The molecule has 0 spiro atoms. The second-order valence-corrected chi connectivity index (χ2v) is 4.49. The molecule has 0 atom stereocenters. The molecule has 0 aromatic heterocycles. The molecular formula is C14H22N2O3. The Labute approximate surface area is 114 Å². The average molecular weight is 266 g/mol. The summed E-state index contributed by atoms with van der Waals surface area (Å²) in [6.45, 7) is 3.85. The van der Waals surface area contributed by atoms with Gasteiger partial charge in [0.15, 0.2) is 0 Å². The molecule has 5 nitrogen and oxygen atoms in total. The zero-order valence-corrected chi connectivity index (χ0v) is 11.6. The Morgan fingerprint density at radius 1 is 1.32 bits per heavy atom. The molecule has 0 aliphatic heterocycles. The van der Waals surface area contributed by atoms with Crippen LogP contribution in [0.3, 0.4) is 0 Å². The number of amides is 1. The number of aryl methyl sites for hydroxylation is 1. The number of ether oxygens (including phenoxy) is 1. The van der Waals surface area contributed by atoms with Gasteiger partial charge in [0.05, 0.1) is 26.4 Å². The maximum atomic E-state index is 11.8. The van der Waals surface area contributed by atoms with Crippen molar-refractivity contribution in [2.24, 2.45) is 0 Å². The Morgan fingerprint density at radius 3 is 2.63 bits per heavy atom. The molecule has 0 unspecified atom stereocenters. The minimum Gasteiger partial charge on any atom is -0.394 e. The van der Waals surface area contributed by atoms with Crippen LogP contribution in [0, 0.1) is 6.92 Å². The molecule has 0 aliphatic carbocycles. The lowest BCUT2D eigenvalue weighted by atomic mass is 10.2. The molecule has 0 aliphatic rings. The van der Waals surface area contributed by atoms with E-state index in [9.17, 15) is 4.79 Å². The lowest BCUT2D eigenvalue weighted by molar-refractivity contribution is -0.117. The van der Waals surface area contributed by atoms with Crippen molar-refractivity contribution in [3.63, 3.8) is 0 Å². The molecular weight excluding hydrogens is 244 g/mol. The van der Waals surface area contributed by atoms with Gasteiger partial charge < -0.3 is 15.2 Å². The largest absolute Gasteiger partial charge is 0.394 e. The third kappa shape index (κ3) is 6.91. The van der Waals surface area contributed by atoms with Crippen LogP contribution in [0.15, 0.2) is 24.3 Å². The standard InChI is InChI=1S/C14H22N2O3/c1-12-3-5-13(6-4-12)15-14(18)11-16(2)7-9-19-10-8-17/h3-6,17H,7-11H2,1-2H3,(H,15,18). The smallest absolute Gasteiger partial charge is 0.238 e. The van der Waals surface area contributed by atoms with Gasteiger partial charge in [0.2, 0.25) is 5.91 Å². The first-order valence-corrected chi connectivity index (χ1v) is 6.35. The van der Waals surface area contributed by atoms with E-state index in [1.54, 1.807) is 0 Å². The van der Waals surface area contributed by atoms with E-state index in [0.29, 0.717) is 26.3 Å². The first kappa shape index (κ1) is 15.6. The van der Waals surface area contributed by atoms with Crippen molar-refractivity contribution in [3.05, 3.63) is 29.8 Å². The molecule has 0 saturated carbocycles. The fourth-order valence-corrected chi connectivity index (χ4v) is 1.55. The van der Waals surface area contributed by atoms with E-state index in [4.69, 9.17) is 9.84 Å². The number of nitrogens with one attached hydrogen (secondary N) is 1. The molecule has 0 heterocycles. The van der Waals surface area contributed by atoms with Gasteiger partial charge in [-0.2, -0.15) is 0 Å². The van der Waals surface area contributed by atoms with E-state index < -0.39 is 0 Å². The molecule has 1 rings (SSSR count). The van der Waals surface area contributed by atoms with Crippen LogP contribution in [0.1, 0.15) is 5.56 Å². The molecule has 1 amide bonds. The van der Waals surface area contributed by atoms with Crippen molar-refractivity contribution < 1.29 is 14.6 Å². The third-order valence-corrected chi connectivity index (χ3v) is 2.60. The number of nitrogens with zero attached hydrogens (tertiary/aromatic N) is 1. The molecule has 0 saturated heterocycles. The summed E-state index contributed by atoms with van der Waals surface area (Å²) >= 11 is 0. The first-order valence-electron chi connectivity index (χ1n) is 6.35. The van der Waals surface area contributed by atoms with Crippen LogP contribution in [0.25, 0.3) is 0 Å². The molecule has 0 radical (unpaired) electrons. The van der Waals surface area contributed by atoms with Crippen LogP contribution in [-0.4, -0.2) is 55.9 Å². The quantitative estimate of drug-likeness (QED) is 0.686. The van der Waals surface area contributed by atoms with Gasteiger partial charge in [-0.15, -0.1) is 0 Å². The highest BCUT2D eigenvalue weighted by molar-refractivity contribution is 5.92. The Hall–Kier alpha value is -1.43. The lowest BCUT2D eigenvalue weighted by Gasteiger charge is -2.16. The van der Waals surface area contributed by atoms with Crippen molar-refractivity contribution in [1.82, 2.24) is 4.90 Å². The van der Waals surface area contributed by atoms with Crippen LogP contribution in [-0.2, 0) is 9.53 Å². The number of benzene rings is 1. The molecule has 1 aromatic carbocycles. The predicted molar refractivity (Wildman–Crippen MR) is 75.2 cm³/mol. The molecule has 106 valence electrons. The Morgan fingerprint density at radius 2 is 2.00 bits per heavy atom. The number of likely N-dealkylation sites (N-methyl/N-ethyl adjacent to an activating group) is 1. The summed E-state index contributed by atoms with van der Waals surface area (Å²) in [7, 11) is 1.86. The van der Waals surface area contributed by atoms with Crippen molar-refractivity contribution >= 4 is 11.6 Å². The first-order chi connectivity index (χ1) is 9.11. The summed E-state index contributed by atoms with van der Waals surface area (Å²) in [4.78, 5) is 13.6. The average Bonchev–Trinajstić information content (AvgIpc) is 2.37. The van der Waals surface area contributed by atoms with Crippen LogP contribution in [0.4, 0.5) is 5.69 Å². The van der Waals surface area contributed by atoms with Gasteiger partial charge >= 0.3 is 0 Å². The van der Waals surface area contributed by atoms with Gasteiger partial charge in [-0.25, -0.2) is 0 Å². The summed E-state index contributed by atoms with van der Waals surface area (Å²) < 4.78 is 5.14. The summed E-state index contributed by atoms with van der Waals surface area (Å²) in [6.07, 6.45) is 0. The zero-order valence-electron chi connectivity index (χ0n) is 11.6. The van der Waals surface area contributed by atoms with Crippen LogP contribution >= 0.6 is 0 Å². The predicted octanol–water partition coefficient (Wildman–Crippen LogP) is 0.874. The highest BCUT2D eigenvalue weighted by atomic mass is 16.5. The fourth-order valence-electron chi connectivity index (χ4n) is 1.55. The van der Waals surface area contributed by atoms with Gasteiger partial charge in [-0.05, 0) is 26.1 Å². The summed E-state index contributed by atoms with van der Waals surface area (Å²) in [5.74, 6) is -0.0477. The van der Waals surface area contributed by atoms with Gasteiger partial charge in [0, 0.05) is 12.2 Å². The second kappa shape index (κ2) is 8.63. The number of anilines is 1. The Balaban J connectivity index is 2.24. The van der Waals surface area contributed by atoms with E-state index in [2.05, 4.69) is 5.32 Å². The zero-order chi connectivity index (χ0) is 14.1. The number of hydrogen-bond donors (Lipinski definition) is 2. The number of carbonyl (C=O) groups is 1. The molecule has 0 bridgehead atoms.